The van der Waals surface area contributed by atoms with Crippen LogP contribution in [0.3, 0.4) is 0 Å². The Morgan fingerprint density at radius 2 is 2.09 bits per heavy atom. The third-order valence-electron chi connectivity index (χ3n) is 3.82. The second kappa shape index (κ2) is 7.41. The highest BCUT2D eigenvalue weighted by atomic mass is 19.1. The Morgan fingerprint density at radius 3 is 2.65 bits per heavy atom. The SMILES string of the molecule is CC(C)N(CCO)C(=O)N[C@H]1CC(=O)N(c2ccc(F)cc2)C1. The smallest absolute Gasteiger partial charge is 0.318 e. The second-order valence-electron chi connectivity index (χ2n) is 5.84. The first kappa shape index (κ1) is 17.2. The highest BCUT2D eigenvalue weighted by Crippen LogP contribution is 2.22. The molecule has 1 fully saturated rings. The number of aliphatic hydroxyl groups excluding tert-OH is 1. The zero-order valence-corrected chi connectivity index (χ0v) is 13.3. The van der Waals surface area contributed by atoms with Gasteiger partial charge in [-0.25, -0.2) is 9.18 Å². The van der Waals surface area contributed by atoms with E-state index in [0.29, 0.717) is 12.2 Å². The zero-order valence-electron chi connectivity index (χ0n) is 13.3. The number of rotatable bonds is 5. The van der Waals surface area contributed by atoms with Gasteiger partial charge in [0, 0.05) is 31.2 Å². The molecule has 1 heterocycles. The first-order valence-corrected chi connectivity index (χ1v) is 7.66. The van der Waals surface area contributed by atoms with Crippen LogP contribution in [-0.4, -0.2) is 53.7 Å². The van der Waals surface area contributed by atoms with E-state index in [2.05, 4.69) is 5.32 Å². The molecule has 1 aliphatic heterocycles. The normalized spacial score (nSPS) is 17.7. The van der Waals surface area contributed by atoms with Crippen LogP contribution in [0.1, 0.15) is 20.3 Å². The summed E-state index contributed by atoms with van der Waals surface area (Å²) in [6.07, 6.45) is 0.203. The average molecular weight is 323 g/mol. The van der Waals surface area contributed by atoms with E-state index >= 15 is 0 Å². The fourth-order valence-electron chi connectivity index (χ4n) is 2.63. The Kier molecular flexibility index (Phi) is 5.54. The van der Waals surface area contributed by atoms with Crippen molar-refractivity contribution in [2.24, 2.45) is 0 Å². The van der Waals surface area contributed by atoms with Crippen molar-refractivity contribution in [1.29, 1.82) is 0 Å². The van der Waals surface area contributed by atoms with Crippen molar-refractivity contribution in [3.8, 4) is 0 Å². The van der Waals surface area contributed by atoms with Gasteiger partial charge in [0.05, 0.1) is 12.6 Å². The second-order valence-corrected chi connectivity index (χ2v) is 5.84. The predicted molar refractivity (Wildman–Crippen MR) is 84.6 cm³/mol. The molecular formula is C16H22FN3O3. The van der Waals surface area contributed by atoms with E-state index in [1.54, 1.807) is 12.1 Å². The summed E-state index contributed by atoms with van der Waals surface area (Å²) in [7, 11) is 0. The number of carbonyl (C=O) groups excluding carboxylic acids is 2. The number of halogens is 1. The quantitative estimate of drug-likeness (QED) is 0.859. The Bertz CT molecular complexity index is 562. The summed E-state index contributed by atoms with van der Waals surface area (Å²) < 4.78 is 13.0. The summed E-state index contributed by atoms with van der Waals surface area (Å²) >= 11 is 0. The molecule has 1 aromatic carbocycles. The number of nitrogens with zero attached hydrogens (tertiary/aromatic N) is 2. The molecule has 0 radical (unpaired) electrons. The summed E-state index contributed by atoms with van der Waals surface area (Å²) in [5.74, 6) is -0.470. The lowest BCUT2D eigenvalue weighted by molar-refractivity contribution is -0.117. The number of amides is 3. The number of anilines is 1. The van der Waals surface area contributed by atoms with Crippen LogP contribution >= 0.6 is 0 Å². The first-order valence-electron chi connectivity index (χ1n) is 7.66. The van der Waals surface area contributed by atoms with E-state index in [4.69, 9.17) is 5.11 Å². The van der Waals surface area contributed by atoms with E-state index in [0.717, 1.165) is 0 Å². The van der Waals surface area contributed by atoms with E-state index < -0.39 is 0 Å². The van der Waals surface area contributed by atoms with Crippen LogP contribution in [0.4, 0.5) is 14.9 Å². The molecule has 0 spiro atoms. The topological polar surface area (TPSA) is 72.9 Å². The van der Waals surface area contributed by atoms with Gasteiger partial charge in [-0.3, -0.25) is 4.79 Å². The molecule has 7 heteroatoms. The van der Waals surface area contributed by atoms with Crippen LogP contribution in [0.25, 0.3) is 0 Å². The third-order valence-corrected chi connectivity index (χ3v) is 3.82. The number of benzene rings is 1. The Balaban J connectivity index is 1.99. The van der Waals surface area contributed by atoms with Gasteiger partial charge in [-0.05, 0) is 38.1 Å². The average Bonchev–Trinajstić information content (AvgIpc) is 2.85. The largest absolute Gasteiger partial charge is 0.395 e. The molecule has 3 amide bonds. The number of hydrogen-bond acceptors (Lipinski definition) is 3. The van der Waals surface area contributed by atoms with E-state index in [9.17, 15) is 14.0 Å². The highest BCUT2D eigenvalue weighted by molar-refractivity contribution is 5.96. The van der Waals surface area contributed by atoms with Gasteiger partial charge in [-0.2, -0.15) is 0 Å². The van der Waals surface area contributed by atoms with Gasteiger partial charge in [-0.1, -0.05) is 0 Å². The standard InChI is InChI=1S/C16H22FN3O3/c1-11(2)19(7-8-21)16(23)18-13-9-15(22)20(10-13)14-5-3-12(17)4-6-14/h3-6,11,13,21H,7-10H2,1-2H3,(H,18,23)/t13-/m0/s1. The predicted octanol–water partition coefficient (Wildman–Crippen LogP) is 1.34. The fourth-order valence-corrected chi connectivity index (χ4v) is 2.63. The Hall–Kier alpha value is -2.15. The number of hydrogen-bond donors (Lipinski definition) is 2. The molecule has 1 saturated heterocycles. The van der Waals surface area contributed by atoms with Crippen molar-refractivity contribution >= 4 is 17.6 Å². The molecule has 1 atom stereocenters. The summed E-state index contributed by atoms with van der Waals surface area (Å²) in [6.45, 7) is 4.20. The summed E-state index contributed by atoms with van der Waals surface area (Å²) in [6, 6.07) is 5.04. The molecule has 0 bridgehead atoms. The molecule has 0 saturated carbocycles. The minimum absolute atomic E-state index is 0.0487. The molecule has 2 rings (SSSR count). The van der Waals surface area contributed by atoms with Gasteiger partial charge in [0.1, 0.15) is 5.82 Å². The van der Waals surface area contributed by atoms with Gasteiger partial charge in [0.15, 0.2) is 0 Å². The highest BCUT2D eigenvalue weighted by Gasteiger charge is 2.32. The maximum atomic E-state index is 13.0. The number of carbonyl (C=O) groups is 2. The van der Waals surface area contributed by atoms with Crippen molar-refractivity contribution in [2.75, 3.05) is 24.6 Å². The van der Waals surface area contributed by atoms with Crippen molar-refractivity contribution < 1.29 is 19.1 Å². The number of nitrogens with one attached hydrogen (secondary N) is 1. The zero-order chi connectivity index (χ0) is 17.0. The number of urea groups is 1. The lowest BCUT2D eigenvalue weighted by atomic mass is 10.2. The molecule has 2 N–H and O–H groups in total. The summed E-state index contributed by atoms with van der Waals surface area (Å²) in [4.78, 5) is 27.4. The molecule has 126 valence electrons. The van der Waals surface area contributed by atoms with E-state index in [1.807, 2.05) is 13.8 Å². The van der Waals surface area contributed by atoms with Crippen LogP contribution in [0.2, 0.25) is 0 Å². The van der Waals surface area contributed by atoms with Gasteiger partial charge in [0.25, 0.3) is 0 Å². The van der Waals surface area contributed by atoms with Gasteiger partial charge < -0.3 is 20.2 Å². The monoisotopic (exact) mass is 323 g/mol. The van der Waals surface area contributed by atoms with Crippen molar-refractivity contribution in [2.45, 2.75) is 32.4 Å². The maximum absolute atomic E-state index is 13.0. The number of aliphatic hydroxyl groups is 1. The van der Waals surface area contributed by atoms with Crippen molar-refractivity contribution in [3.63, 3.8) is 0 Å². The minimum atomic E-state index is -0.359. The molecule has 23 heavy (non-hydrogen) atoms. The van der Waals surface area contributed by atoms with E-state index in [1.165, 1.54) is 21.9 Å². The third kappa shape index (κ3) is 4.19. The Morgan fingerprint density at radius 1 is 1.43 bits per heavy atom. The van der Waals surface area contributed by atoms with Crippen LogP contribution in [0.15, 0.2) is 24.3 Å². The molecule has 0 aromatic heterocycles. The molecule has 6 nitrogen and oxygen atoms in total. The minimum Gasteiger partial charge on any atom is -0.395 e. The Labute approximate surface area is 134 Å². The van der Waals surface area contributed by atoms with Crippen LogP contribution in [0, 0.1) is 5.82 Å². The molecule has 1 aromatic rings. The van der Waals surface area contributed by atoms with Crippen molar-refractivity contribution in [1.82, 2.24) is 10.2 Å². The maximum Gasteiger partial charge on any atom is 0.318 e. The molecule has 0 aliphatic carbocycles. The molecular weight excluding hydrogens is 301 g/mol. The summed E-state index contributed by atoms with van der Waals surface area (Å²) in [5, 5.41) is 11.9. The van der Waals surface area contributed by atoms with Gasteiger partial charge in [-0.15, -0.1) is 0 Å². The summed E-state index contributed by atoms with van der Waals surface area (Å²) in [5.41, 5.74) is 0.615. The lowest BCUT2D eigenvalue weighted by Gasteiger charge is -2.27. The van der Waals surface area contributed by atoms with Crippen LogP contribution in [0.5, 0.6) is 0 Å². The van der Waals surface area contributed by atoms with E-state index in [-0.39, 0.29) is 49.4 Å². The van der Waals surface area contributed by atoms with Gasteiger partial charge in [0.2, 0.25) is 5.91 Å². The van der Waals surface area contributed by atoms with Crippen LogP contribution in [-0.2, 0) is 4.79 Å². The molecule has 1 aliphatic rings. The van der Waals surface area contributed by atoms with Gasteiger partial charge >= 0.3 is 6.03 Å². The first-order chi connectivity index (χ1) is 10.9. The lowest BCUT2D eigenvalue weighted by Crippen LogP contribution is -2.49. The fraction of sp³-hybridized carbons (Fsp3) is 0.500. The molecule has 0 unspecified atom stereocenters. The van der Waals surface area contributed by atoms with Crippen molar-refractivity contribution in [3.05, 3.63) is 30.1 Å². The van der Waals surface area contributed by atoms with Crippen LogP contribution < -0.4 is 10.2 Å².